The first-order valence-corrected chi connectivity index (χ1v) is 10.00. The van der Waals surface area contributed by atoms with Crippen LogP contribution < -0.4 is 5.73 Å². The number of pyridine rings is 1. The number of benzene rings is 1. The summed E-state index contributed by atoms with van der Waals surface area (Å²) in [7, 11) is 0. The van der Waals surface area contributed by atoms with Gasteiger partial charge in [-0.15, -0.1) is 0 Å². The van der Waals surface area contributed by atoms with Crippen LogP contribution in [0.15, 0.2) is 24.3 Å². The molecule has 2 amide bonds. The molecule has 7 nitrogen and oxygen atoms in total. The zero-order chi connectivity index (χ0) is 20.5. The van der Waals surface area contributed by atoms with Crippen molar-refractivity contribution in [3.05, 3.63) is 40.5 Å². The van der Waals surface area contributed by atoms with Gasteiger partial charge in [-0.2, -0.15) is 0 Å². The van der Waals surface area contributed by atoms with Crippen molar-refractivity contribution in [1.82, 2.24) is 14.8 Å². The van der Waals surface area contributed by atoms with Crippen LogP contribution in [0.1, 0.15) is 34.8 Å². The third-order valence-corrected chi connectivity index (χ3v) is 5.58. The Balaban J connectivity index is 1.49. The number of carbonyl (C=O) groups excluding carboxylic acids is 2. The Morgan fingerprint density at radius 1 is 1.28 bits per heavy atom. The lowest BCUT2D eigenvalue weighted by atomic mass is 10.1. The van der Waals surface area contributed by atoms with Gasteiger partial charge in [0, 0.05) is 35.7 Å². The number of nitrogens with zero attached hydrogens (tertiary/aromatic N) is 3. The molecule has 4 rings (SSSR count). The number of hydrogen-bond donors (Lipinski definition) is 1. The van der Waals surface area contributed by atoms with Crippen LogP contribution in [0.4, 0.5) is 9.18 Å². The lowest BCUT2D eigenvalue weighted by Gasteiger charge is -2.38. The fourth-order valence-electron chi connectivity index (χ4n) is 3.54. The first-order valence-electron chi connectivity index (χ1n) is 9.62. The smallest absolute Gasteiger partial charge is 0.411 e. The van der Waals surface area contributed by atoms with Gasteiger partial charge in [-0.25, -0.2) is 9.18 Å². The lowest BCUT2D eigenvalue weighted by molar-refractivity contribution is 0.0375. The number of hydrogen-bond acceptors (Lipinski definition) is 5. The highest BCUT2D eigenvalue weighted by atomic mass is 35.5. The summed E-state index contributed by atoms with van der Waals surface area (Å²) in [6, 6.07) is 7.19. The molecule has 154 valence electrons. The molecule has 2 aliphatic rings. The van der Waals surface area contributed by atoms with Crippen LogP contribution in [-0.2, 0) is 4.74 Å². The second kappa shape index (κ2) is 8.12. The maximum Gasteiger partial charge on any atom is 0.411 e. The van der Waals surface area contributed by atoms with Crippen molar-refractivity contribution in [2.75, 3.05) is 32.9 Å². The number of carbonyl (C=O) groups is 2. The first-order chi connectivity index (χ1) is 14.0. The Bertz CT molecular complexity index is 953. The molecule has 1 aliphatic heterocycles. The van der Waals surface area contributed by atoms with Crippen LogP contribution >= 0.6 is 11.6 Å². The molecule has 0 spiro atoms. The maximum absolute atomic E-state index is 13.0. The zero-order valence-electron chi connectivity index (χ0n) is 15.8. The van der Waals surface area contributed by atoms with E-state index in [2.05, 4.69) is 4.98 Å². The summed E-state index contributed by atoms with van der Waals surface area (Å²) in [4.78, 5) is 32.5. The molecular weight excluding hydrogens is 399 g/mol. The standard InChI is InChI=1S/C20H22ClFN4O3/c21-15-10-16(12-1-2-12)24-17-9-13(3-4-14(15)17)19(27)25-6-7-26(18(23)11-25)20(28)29-8-5-22/h3-4,9-10,12,18H,1-2,5-8,11,23H2/t18-/m0/s1. The van der Waals surface area contributed by atoms with E-state index in [4.69, 9.17) is 22.1 Å². The van der Waals surface area contributed by atoms with Crippen LogP contribution in [0.5, 0.6) is 0 Å². The van der Waals surface area contributed by atoms with Crippen molar-refractivity contribution >= 4 is 34.5 Å². The van der Waals surface area contributed by atoms with Crippen LogP contribution in [0.25, 0.3) is 10.9 Å². The molecule has 1 aliphatic carbocycles. The minimum Gasteiger partial charge on any atom is -0.447 e. The molecule has 1 aromatic carbocycles. The number of halogens is 2. The molecule has 9 heteroatoms. The van der Waals surface area contributed by atoms with Crippen molar-refractivity contribution < 1.29 is 18.7 Å². The second-order valence-corrected chi connectivity index (χ2v) is 7.76. The van der Waals surface area contributed by atoms with Crippen LogP contribution in [0, 0.1) is 0 Å². The van der Waals surface area contributed by atoms with Gasteiger partial charge >= 0.3 is 6.09 Å². The number of rotatable bonds is 4. The minimum absolute atomic E-state index is 0.165. The lowest BCUT2D eigenvalue weighted by Crippen LogP contribution is -2.60. The monoisotopic (exact) mass is 420 g/mol. The second-order valence-electron chi connectivity index (χ2n) is 7.35. The third-order valence-electron chi connectivity index (χ3n) is 5.26. The number of amides is 2. The van der Waals surface area contributed by atoms with Gasteiger partial charge in [0.15, 0.2) is 0 Å². The molecule has 2 heterocycles. The first kappa shape index (κ1) is 19.8. The number of alkyl halides is 1. The van der Waals surface area contributed by atoms with E-state index < -0.39 is 18.9 Å². The van der Waals surface area contributed by atoms with E-state index in [1.807, 2.05) is 6.07 Å². The van der Waals surface area contributed by atoms with E-state index in [1.165, 1.54) is 4.90 Å². The Hall–Kier alpha value is -2.45. The van der Waals surface area contributed by atoms with E-state index in [1.54, 1.807) is 23.1 Å². The third kappa shape index (κ3) is 4.13. The van der Waals surface area contributed by atoms with Crippen molar-refractivity contribution in [3.8, 4) is 0 Å². The van der Waals surface area contributed by atoms with Gasteiger partial charge in [0.05, 0.1) is 17.1 Å². The maximum atomic E-state index is 13.0. The molecule has 0 radical (unpaired) electrons. The molecule has 2 fully saturated rings. The van der Waals surface area contributed by atoms with Gasteiger partial charge in [0.1, 0.15) is 19.4 Å². The number of nitrogens with two attached hydrogens (primary N) is 1. The molecule has 1 atom stereocenters. The van der Waals surface area contributed by atoms with Gasteiger partial charge < -0.3 is 15.4 Å². The van der Waals surface area contributed by atoms with Crippen molar-refractivity contribution in [3.63, 3.8) is 0 Å². The van der Waals surface area contributed by atoms with Crippen LogP contribution in [-0.4, -0.2) is 65.9 Å². The highest BCUT2D eigenvalue weighted by Gasteiger charge is 2.32. The number of piperazine rings is 1. The van der Waals surface area contributed by atoms with Crippen LogP contribution in [0.2, 0.25) is 5.02 Å². The molecule has 2 N–H and O–H groups in total. The molecule has 1 saturated heterocycles. The molecule has 1 saturated carbocycles. The average molecular weight is 421 g/mol. The van der Waals surface area contributed by atoms with Gasteiger partial charge in [-0.1, -0.05) is 17.7 Å². The summed E-state index contributed by atoms with van der Waals surface area (Å²) in [5.41, 5.74) is 8.20. The number of aromatic nitrogens is 1. The highest BCUT2D eigenvalue weighted by molar-refractivity contribution is 6.35. The largest absolute Gasteiger partial charge is 0.447 e. The molecule has 1 aromatic heterocycles. The van der Waals surface area contributed by atoms with Gasteiger partial charge in [-0.05, 0) is 31.0 Å². The van der Waals surface area contributed by atoms with E-state index in [0.29, 0.717) is 28.6 Å². The summed E-state index contributed by atoms with van der Waals surface area (Å²) in [6.07, 6.45) is 0.848. The SMILES string of the molecule is N[C@@H]1CN(C(=O)c2ccc3c(Cl)cc(C4CC4)nc3c2)CCN1C(=O)OCCF. The zero-order valence-corrected chi connectivity index (χ0v) is 16.6. The minimum atomic E-state index is -0.748. The fourth-order valence-corrected chi connectivity index (χ4v) is 3.81. The normalized spacial score (nSPS) is 19.5. The number of fused-ring (bicyclic) bond motifs is 1. The summed E-state index contributed by atoms with van der Waals surface area (Å²) < 4.78 is 17.0. The summed E-state index contributed by atoms with van der Waals surface area (Å²) in [5, 5.41) is 1.45. The summed E-state index contributed by atoms with van der Waals surface area (Å²) >= 11 is 6.39. The van der Waals surface area contributed by atoms with E-state index in [0.717, 1.165) is 23.9 Å². The van der Waals surface area contributed by atoms with E-state index >= 15 is 0 Å². The predicted octanol–water partition coefficient (Wildman–Crippen LogP) is 2.91. The Morgan fingerprint density at radius 2 is 2.07 bits per heavy atom. The average Bonchev–Trinajstić information content (AvgIpc) is 3.56. The van der Waals surface area contributed by atoms with Crippen molar-refractivity contribution in [2.24, 2.45) is 5.73 Å². The number of ether oxygens (including phenoxy) is 1. The molecule has 0 bridgehead atoms. The fraction of sp³-hybridized carbons (Fsp3) is 0.450. The van der Waals surface area contributed by atoms with Crippen LogP contribution in [0.3, 0.4) is 0 Å². The molecular formula is C20H22ClFN4O3. The summed E-state index contributed by atoms with van der Waals surface area (Å²) in [5.74, 6) is 0.272. The topological polar surface area (TPSA) is 88.8 Å². The molecule has 2 aromatic rings. The Morgan fingerprint density at radius 3 is 2.76 bits per heavy atom. The Labute approximate surface area is 172 Å². The molecule has 0 unspecified atom stereocenters. The summed E-state index contributed by atoms with van der Waals surface area (Å²) in [6.45, 7) is -0.354. The van der Waals surface area contributed by atoms with Gasteiger partial charge in [0.2, 0.25) is 0 Å². The quantitative estimate of drug-likeness (QED) is 0.821. The Kier molecular flexibility index (Phi) is 5.56. The van der Waals surface area contributed by atoms with Crippen molar-refractivity contribution in [2.45, 2.75) is 24.9 Å². The van der Waals surface area contributed by atoms with Gasteiger partial charge in [0.25, 0.3) is 5.91 Å². The van der Waals surface area contributed by atoms with Gasteiger partial charge in [-0.3, -0.25) is 14.7 Å². The molecule has 29 heavy (non-hydrogen) atoms. The predicted molar refractivity (Wildman–Crippen MR) is 107 cm³/mol. The van der Waals surface area contributed by atoms with Crippen molar-refractivity contribution in [1.29, 1.82) is 0 Å². The van der Waals surface area contributed by atoms with E-state index in [-0.39, 0.29) is 25.6 Å². The highest BCUT2D eigenvalue weighted by Crippen LogP contribution is 2.41. The van der Waals surface area contributed by atoms with E-state index in [9.17, 15) is 14.0 Å².